The molecule has 100 valence electrons. The van der Waals surface area contributed by atoms with Crippen LogP contribution in [0.3, 0.4) is 0 Å². The van der Waals surface area contributed by atoms with Crippen LogP contribution >= 0.6 is 0 Å². The molecule has 1 unspecified atom stereocenters. The number of aliphatic hydroxyl groups is 1. The minimum Gasteiger partial charge on any atom is -0.481 e. The van der Waals surface area contributed by atoms with Crippen LogP contribution in [0.25, 0.3) is 0 Å². The van der Waals surface area contributed by atoms with Crippen LogP contribution in [0.2, 0.25) is 0 Å². The maximum absolute atomic E-state index is 11.2. The molecule has 2 N–H and O–H groups in total. The maximum Gasteiger partial charge on any atom is 0.310 e. The van der Waals surface area contributed by atoms with E-state index in [1.807, 2.05) is 6.92 Å². The zero-order chi connectivity index (χ0) is 12.7. The fraction of sp³-hybridized carbons (Fsp3) is 0.923. The van der Waals surface area contributed by atoms with Gasteiger partial charge in [0, 0.05) is 13.2 Å². The summed E-state index contributed by atoms with van der Waals surface area (Å²) in [5.41, 5.74) is -0.552. The number of hydrogen-bond acceptors (Lipinski definition) is 3. The summed E-state index contributed by atoms with van der Waals surface area (Å²) < 4.78 is 0. The number of aliphatic hydroxyl groups excluding tert-OH is 1. The van der Waals surface area contributed by atoms with Crippen molar-refractivity contribution in [3.63, 3.8) is 0 Å². The molecule has 0 radical (unpaired) electrons. The van der Waals surface area contributed by atoms with E-state index in [1.54, 1.807) is 0 Å². The molecule has 0 spiro atoms. The van der Waals surface area contributed by atoms with E-state index in [-0.39, 0.29) is 6.61 Å². The number of likely N-dealkylation sites (tertiary alicyclic amines) is 1. The van der Waals surface area contributed by atoms with E-state index >= 15 is 0 Å². The number of piperidine rings is 1. The van der Waals surface area contributed by atoms with Gasteiger partial charge in [-0.25, -0.2) is 0 Å². The number of nitrogens with zero attached hydrogens (tertiary/aromatic N) is 1. The lowest BCUT2D eigenvalue weighted by Crippen LogP contribution is -2.46. The summed E-state index contributed by atoms with van der Waals surface area (Å²) >= 11 is 0. The normalized spacial score (nSPS) is 26.0. The summed E-state index contributed by atoms with van der Waals surface area (Å²) in [6, 6.07) is 0. The van der Waals surface area contributed by atoms with Crippen molar-refractivity contribution in [1.29, 1.82) is 0 Å². The zero-order valence-corrected chi connectivity index (χ0v) is 10.8. The van der Waals surface area contributed by atoms with E-state index in [1.165, 1.54) is 0 Å². The molecule has 4 heteroatoms. The number of unbranched alkanes of at least 4 members (excludes halogenated alkanes) is 3. The Morgan fingerprint density at radius 2 is 2.00 bits per heavy atom. The van der Waals surface area contributed by atoms with Crippen LogP contribution in [0.15, 0.2) is 0 Å². The van der Waals surface area contributed by atoms with Crippen LogP contribution in [0.1, 0.15) is 45.4 Å². The smallest absolute Gasteiger partial charge is 0.310 e. The fourth-order valence-corrected chi connectivity index (χ4v) is 2.51. The highest BCUT2D eigenvalue weighted by atomic mass is 16.4. The van der Waals surface area contributed by atoms with Crippen LogP contribution < -0.4 is 0 Å². The summed E-state index contributed by atoms with van der Waals surface area (Å²) in [6.07, 6.45) is 5.96. The molecular formula is C13H25NO3. The number of carbonyl (C=O) groups is 1. The molecule has 1 fully saturated rings. The summed E-state index contributed by atoms with van der Waals surface area (Å²) in [4.78, 5) is 13.5. The van der Waals surface area contributed by atoms with E-state index in [9.17, 15) is 9.90 Å². The molecule has 0 aromatic heterocycles. The van der Waals surface area contributed by atoms with Gasteiger partial charge in [-0.15, -0.1) is 0 Å². The van der Waals surface area contributed by atoms with Crippen LogP contribution in [-0.4, -0.2) is 47.3 Å². The summed E-state index contributed by atoms with van der Waals surface area (Å²) in [7, 11) is 0. The molecule has 0 saturated carbocycles. The van der Waals surface area contributed by atoms with Gasteiger partial charge >= 0.3 is 5.97 Å². The Balaban J connectivity index is 2.23. The number of aliphatic carboxylic acids is 1. The predicted octanol–water partition coefficient (Wildman–Crippen LogP) is 1.73. The summed E-state index contributed by atoms with van der Waals surface area (Å²) in [5, 5.41) is 17.9. The molecule has 0 aromatic rings. The first-order chi connectivity index (χ1) is 8.08. The van der Waals surface area contributed by atoms with Crippen molar-refractivity contribution in [2.45, 2.75) is 45.4 Å². The van der Waals surface area contributed by atoms with Gasteiger partial charge in [0.15, 0.2) is 0 Å². The van der Waals surface area contributed by atoms with Crippen LogP contribution in [0.4, 0.5) is 0 Å². The molecule has 0 bridgehead atoms. The molecule has 0 aromatic carbocycles. The van der Waals surface area contributed by atoms with Gasteiger partial charge in [-0.2, -0.15) is 0 Å². The number of hydrogen-bond donors (Lipinski definition) is 2. The number of carboxylic acids is 1. The molecule has 1 saturated heterocycles. The highest BCUT2D eigenvalue weighted by Gasteiger charge is 2.37. The van der Waals surface area contributed by atoms with E-state index in [0.29, 0.717) is 6.54 Å². The average Bonchev–Trinajstić information content (AvgIpc) is 2.29. The lowest BCUT2D eigenvalue weighted by Gasteiger charge is -2.37. The van der Waals surface area contributed by atoms with E-state index < -0.39 is 11.4 Å². The Kier molecular flexibility index (Phi) is 5.92. The van der Waals surface area contributed by atoms with Gasteiger partial charge in [-0.05, 0) is 45.7 Å². The predicted molar refractivity (Wildman–Crippen MR) is 67.0 cm³/mol. The quantitative estimate of drug-likeness (QED) is 0.668. The second-order valence-corrected chi connectivity index (χ2v) is 5.38. The Hall–Kier alpha value is -0.610. The summed E-state index contributed by atoms with van der Waals surface area (Å²) in [6.45, 7) is 4.84. The second-order valence-electron chi connectivity index (χ2n) is 5.38. The highest BCUT2D eigenvalue weighted by molar-refractivity contribution is 5.74. The van der Waals surface area contributed by atoms with Crippen LogP contribution in [0.5, 0.6) is 0 Å². The second kappa shape index (κ2) is 6.97. The summed E-state index contributed by atoms with van der Waals surface area (Å²) in [5.74, 6) is -0.664. The first kappa shape index (κ1) is 14.5. The standard InChI is InChI=1S/C13H25NO3/c1-13(12(16)17)7-6-9-14(11-13)8-4-2-3-5-10-15/h15H,2-11H2,1H3,(H,16,17). The molecule has 17 heavy (non-hydrogen) atoms. The van der Waals surface area contributed by atoms with Gasteiger partial charge in [0.25, 0.3) is 0 Å². The van der Waals surface area contributed by atoms with E-state index in [2.05, 4.69) is 4.90 Å². The fourth-order valence-electron chi connectivity index (χ4n) is 2.51. The van der Waals surface area contributed by atoms with Crippen molar-refractivity contribution in [2.75, 3.05) is 26.2 Å². The molecule has 1 aliphatic rings. The largest absolute Gasteiger partial charge is 0.481 e. The molecule has 4 nitrogen and oxygen atoms in total. The van der Waals surface area contributed by atoms with Gasteiger partial charge in [0.1, 0.15) is 0 Å². The SMILES string of the molecule is CC1(C(=O)O)CCCN(CCCCCCO)C1. The molecule has 1 rings (SSSR count). The van der Waals surface area contributed by atoms with E-state index in [4.69, 9.17) is 5.11 Å². The minimum atomic E-state index is -0.664. The van der Waals surface area contributed by atoms with Crippen LogP contribution in [0, 0.1) is 5.41 Å². The van der Waals surface area contributed by atoms with Crippen molar-refractivity contribution in [3.05, 3.63) is 0 Å². The Morgan fingerprint density at radius 3 is 2.65 bits per heavy atom. The topological polar surface area (TPSA) is 60.8 Å². The van der Waals surface area contributed by atoms with Crippen molar-refractivity contribution < 1.29 is 15.0 Å². The minimum absolute atomic E-state index is 0.279. The van der Waals surface area contributed by atoms with Crippen molar-refractivity contribution in [2.24, 2.45) is 5.41 Å². The molecule has 1 atom stereocenters. The van der Waals surface area contributed by atoms with Crippen molar-refractivity contribution >= 4 is 5.97 Å². The molecular weight excluding hydrogens is 218 g/mol. The van der Waals surface area contributed by atoms with Crippen molar-refractivity contribution in [1.82, 2.24) is 4.90 Å². The van der Waals surface area contributed by atoms with Crippen LogP contribution in [-0.2, 0) is 4.79 Å². The molecule has 1 heterocycles. The third-order valence-electron chi connectivity index (χ3n) is 3.67. The van der Waals surface area contributed by atoms with E-state index in [0.717, 1.165) is 51.6 Å². The maximum atomic E-state index is 11.2. The van der Waals surface area contributed by atoms with Crippen molar-refractivity contribution in [3.8, 4) is 0 Å². The molecule has 1 aliphatic heterocycles. The molecule has 0 aliphatic carbocycles. The molecule has 0 amide bonds. The Bertz CT molecular complexity index is 245. The third-order valence-corrected chi connectivity index (χ3v) is 3.67. The zero-order valence-electron chi connectivity index (χ0n) is 10.8. The average molecular weight is 243 g/mol. The Labute approximate surface area is 104 Å². The van der Waals surface area contributed by atoms with Gasteiger partial charge in [0.2, 0.25) is 0 Å². The van der Waals surface area contributed by atoms with Gasteiger partial charge < -0.3 is 15.1 Å². The highest BCUT2D eigenvalue weighted by Crippen LogP contribution is 2.29. The third kappa shape index (κ3) is 4.64. The lowest BCUT2D eigenvalue weighted by molar-refractivity contribution is -0.151. The van der Waals surface area contributed by atoms with Gasteiger partial charge in [-0.1, -0.05) is 12.8 Å². The van der Waals surface area contributed by atoms with Gasteiger partial charge in [-0.3, -0.25) is 4.79 Å². The lowest BCUT2D eigenvalue weighted by atomic mass is 9.82. The Morgan fingerprint density at radius 1 is 1.29 bits per heavy atom. The number of rotatable bonds is 7. The number of carboxylic acid groups (broad SMARTS) is 1. The monoisotopic (exact) mass is 243 g/mol. The first-order valence-electron chi connectivity index (χ1n) is 6.65. The first-order valence-corrected chi connectivity index (χ1v) is 6.65. The van der Waals surface area contributed by atoms with Gasteiger partial charge in [0.05, 0.1) is 5.41 Å².